The molecule has 1 heterocycles. The maximum atomic E-state index is 12.5. The van der Waals surface area contributed by atoms with Crippen molar-refractivity contribution in [3.8, 4) is 0 Å². The van der Waals surface area contributed by atoms with Crippen molar-refractivity contribution >= 4 is 27.8 Å². The standard InChI is InChI=1S/C13H19BrN2O3/c1-5-15-7-10(14)6-11(15)13(18)16(9(2)3)8-12(17)19-4/h6-7,9H,5,8H2,1-4H3. The second-order valence-electron chi connectivity index (χ2n) is 4.43. The highest BCUT2D eigenvalue weighted by atomic mass is 79.9. The monoisotopic (exact) mass is 330 g/mol. The first-order chi connectivity index (χ1) is 8.90. The summed E-state index contributed by atoms with van der Waals surface area (Å²) in [5.74, 6) is -0.594. The van der Waals surface area contributed by atoms with Gasteiger partial charge in [0, 0.05) is 23.3 Å². The molecule has 0 spiro atoms. The second-order valence-corrected chi connectivity index (χ2v) is 5.35. The molecule has 1 aromatic heterocycles. The Morgan fingerprint density at radius 1 is 1.47 bits per heavy atom. The maximum absolute atomic E-state index is 12.5. The lowest BCUT2D eigenvalue weighted by Crippen LogP contribution is -2.41. The molecule has 0 bridgehead atoms. The van der Waals surface area contributed by atoms with E-state index in [9.17, 15) is 9.59 Å². The quantitative estimate of drug-likeness (QED) is 0.778. The third-order valence-corrected chi connectivity index (χ3v) is 3.27. The first-order valence-corrected chi connectivity index (χ1v) is 6.93. The molecule has 1 aromatic rings. The van der Waals surface area contributed by atoms with Gasteiger partial charge >= 0.3 is 5.97 Å². The molecule has 0 aromatic carbocycles. The molecule has 19 heavy (non-hydrogen) atoms. The van der Waals surface area contributed by atoms with Crippen molar-refractivity contribution in [2.24, 2.45) is 0 Å². The van der Waals surface area contributed by atoms with Crippen LogP contribution in [-0.4, -0.2) is 41.0 Å². The number of aromatic nitrogens is 1. The zero-order valence-electron chi connectivity index (χ0n) is 11.6. The van der Waals surface area contributed by atoms with Crippen LogP contribution in [0, 0.1) is 0 Å². The summed E-state index contributed by atoms with van der Waals surface area (Å²) in [6.45, 7) is 6.35. The molecule has 0 unspecified atom stereocenters. The number of carbonyl (C=O) groups is 2. The van der Waals surface area contributed by atoms with Gasteiger partial charge in [-0.25, -0.2) is 0 Å². The highest BCUT2D eigenvalue weighted by Gasteiger charge is 2.24. The zero-order chi connectivity index (χ0) is 14.6. The molecular formula is C13H19BrN2O3. The van der Waals surface area contributed by atoms with Crippen molar-refractivity contribution < 1.29 is 14.3 Å². The van der Waals surface area contributed by atoms with E-state index in [4.69, 9.17) is 0 Å². The van der Waals surface area contributed by atoms with E-state index in [1.165, 1.54) is 12.0 Å². The van der Waals surface area contributed by atoms with Crippen LogP contribution in [0.1, 0.15) is 31.3 Å². The number of amides is 1. The van der Waals surface area contributed by atoms with Crippen LogP contribution in [0.2, 0.25) is 0 Å². The third-order valence-electron chi connectivity index (χ3n) is 2.83. The van der Waals surface area contributed by atoms with Crippen LogP contribution in [0.15, 0.2) is 16.7 Å². The molecule has 0 atom stereocenters. The lowest BCUT2D eigenvalue weighted by molar-refractivity contribution is -0.141. The smallest absolute Gasteiger partial charge is 0.325 e. The molecule has 106 valence electrons. The van der Waals surface area contributed by atoms with Crippen molar-refractivity contribution in [3.63, 3.8) is 0 Å². The summed E-state index contributed by atoms with van der Waals surface area (Å²) in [5.41, 5.74) is 0.562. The molecule has 6 heteroatoms. The number of esters is 1. The molecule has 0 aliphatic carbocycles. The molecule has 0 fully saturated rings. The topological polar surface area (TPSA) is 51.5 Å². The molecule has 1 rings (SSSR count). The number of hydrogen-bond acceptors (Lipinski definition) is 3. The Balaban J connectivity index is 3.02. The van der Waals surface area contributed by atoms with Crippen molar-refractivity contribution in [1.82, 2.24) is 9.47 Å². The number of rotatable bonds is 5. The largest absolute Gasteiger partial charge is 0.468 e. The number of aryl methyl sites for hydroxylation is 1. The van der Waals surface area contributed by atoms with Crippen molar-refractivity contribution in [3.05, 3.63) is 22.4 Å². The summed E-state index contributed by atoms with van der Waals surface area (Å²) in [7, 11) is 1.32. The van der Waals surface area contributed by atoms with Gasteiger partial charge in [-0.05, 0) is 42.8 Å². The predicted molar refractivity (Wildman–Crippen MR) is 76.0 cm³/mol. The van der Waals surface area contributed by atoms with Crippen molar-refractivity contribution in [2.45, 2.75) is 33.4 Å². The van der Waals surface area contributed by atoms with E-state index in [-0.39, 0.29) is 18.5 Å². The molecule has 1 amide bonds. The van der Waals surface area contributed by atoms with Gasteiger partial charge < -0.3 is 14.2 Å². The third kappa shape index (κ3) is 3.83. The number of methoxy groups -OCH3 is 1. The summed E-state index contributed by atoms with van der Waals surface area (Å²) >= 11 is 3.36. The van der Waals surface area contributed by atoms with E-state index in [0.717, 1.165) is 4.47 Å². The van der Waals surface area contributed by atoms with Gasteiger partial charge in [-0.3, -0.25) is 9.59 Å². The number of carbonyl (C=O) groups excluding carboxylic acids is 2. The van der Waals surface area contributed by atoms with E-state index in [1.54, 1.807) is 6.07 Å². The SMILES string of the molecule is CCn1cc(Br)cc1C(=O)N(CC(=O)OC)C(C)C. The normalized spacial score (nSPS) is 10.6. The summed E-state index contributed by atoms with van der Waals surface area (Å²) in [5, 5.41) is 0. The minimum atomic E-state index is -0.421. The number of hydrogen-bond donors (Lipinski definition) is 0. The molecule has 5 nitrogen and oxygen atoms in total. The van der Waals surface area contributed by atoms with E-state index in [1.807, 2.05) is 31.5 Å². The lowest BCUT2D eigenvalue weighted by Gasteiger charge is -2.25. The molecular weight excluding hydrogens is 312 g/mol. The average molecular weight is 331 g/mol. The van der Waals surface area contributed by atoms with Gasteiger partial charge in [0.05, 0.1) is 7.11 Å². The molecule has 0 radical (unpaired) electrons. The first-order valence-electron chi connectivity index (χ1n) is 6.14. The van der Waals surface area contributed by atoms with Crippen LogP contribution in [0.3, 0.4) is 0 Å². The van der Waals surface area contributed by atoms with E-state index < -0.39 is 5.97 Å². The molecule has 0 aliphatic heterocycles. The Labute approximate surface area is 121 Å². The number of halogens is 1. The number of ether oxygens (including phenoxy) is 1. The van der Waals surface area contributed by atoms with Gasteiger partial charge in [-0.2, -0.15) is 0 Å². The van der Waals surface area contributed by atoms with Crippen molar-refractivity contribution in [1.29, 1.82) is 0 Å². The van der Waals surface area contributed by atoms with E-state index >= 15 is 0 Å². The molecule has 0 aliphatic rings. The molecule has 0 saturated heterocycles. The number of nitrogens with zero attached hydrogens (tertiary/aromatic N) is 2. The van der Waals surface area contributed by atoms with Crippen LogP contribution in [0.5, 0.6) is 0 Å². The highest BCUT2D eigenvalue weighted by Crippen LogP contribution is 2.17. The highest BCUT2D eigenvalue weighted by molar-refractivity contribution is 9.10. The van der Waals surface area contributed by atoms with E-state index in [0.29, 0.717) is 12.2 Å². The fraction of sp³-hybridized carbons (Fsp3) is 0.538. The Kier molecular flexibility index (Phi) is 5.60. The second kappa shape index (κ2) is 6.75. The minimum absolute atomic E-state index is 0.0421. The van der Waals surface area contributed by atoms with Gasteiger partial charge in [0.1, 0.15) is 12.2 Å². The Hall–Kier alpha value is -1.30. The van der Waals surface area contributed by atoms with Gasteiger partial charge in [0.15, 0.2) is 0 Å². The molecule has 0 N–H and O–H groups in total. The Morgan fingerprint density at radius 3 is 2.58 bits per heavy atom. The van der Waals surface area contributed by atoms with Crippen LogP contribution in [0.4, 0.5) is 0 Å². The molecule has 0 saturated carbocycles. The van der Waals surface area contributed by atoms with Gasteiger partial charge in [0.25, 0.3) is 5.91 Å². The lowest BCUT2D eigenvalue weighted by atomic mass is 10.2. The van der Waals surface area contributed by atoms with Crippen LogP contribution >= 0.6 is 15.9 Å². The van der Waals surface area contributed by atoms with Gasteiger partial charge in [-0.15, -0.1) is 0 Å². The average Bonchev–Trinajstić information content (AvgIpc) is 2.75. The van der Waals surface area contributed by atoms with Gasteiger partial charge in [-0.1, -0.05) is 0 Å². The fourth-order valence-corrected chi connectivity index (χ4v) is 2.22. The van der Waals surface area contributed by atoms with Crippen molar-refractivity contribution in [2.75, 3.05) is 13.7 Å². The first kappa shape index (κ1) is 15.8. The summed E-state index contributed by atoms with van der Waals surface area (Å²) in [4.78, 5) is 25.4. The van der Waals surface area contributed by atoms with Crippen LogP contribution in [0.25, 0.3) is 0 Å². The van der Waals surface area contributed by atoms with E-state index in [2.05, 4.69) is 20.7 Å². The summed E-state index contributed by atoms with van der Waals surface area (Å²) in [6, 6.07) is 1.68. The summed E-state index contributed by atoms with van der Waals surface area (Å²) in [6.07, 6.45) is 1.85. The fourth-order valence-electron chi connectivity index (χ4n) is 1.76. The van der Waals surface area contributed by atoms with Crippen LogP contribution < -0.4 is 0 Å². The zero-order valence-corrected chi connectivity index (χ0v) is 13.2. The maximum Gasteiger partial charge on any atom is 0.325 e. The Bertz CT molecular complexity index is 468. The minimum Gasteiger partial charge on any atom is -0.468 e. The van der Waals surface area contributed by atoms with Gasteiger partial charge in [0.2, 0.25) is 0 Å². The summed E-state index contributed by atoms with van der Waals surface area (Å²) < 4.78 is 7.32. The predicted octanol–water partition coefficient (Wildman–Crippen LogP) is 2.29. The Morgan fingerprint density at radius 2 is 2.11 bits per heavy atom. The van der Waals surface area contributed by atoms with Crippen LogP contribution in [-0.2, 0) is 16.1 Å².